The van der Waals surface area contributed by atoms with Crippen LogP contribution in [0.2, 0.25) is 5.02 Å². The Kier molecular flexibility index (Phi) is 4.29. The molecule has 0 unspecified atom stereocenters. The zero-order valence-electron chi connectivity index (χ0n) is 15.4. The van der Waals surface area contributed by atoms with E-state index in [-0.39, 0.29) is 11.7 Å². The topological polar surface area (TPSA) is 33.2 Å². The molecule has 1 amide bonds. The molecule has 0 bridgehead atoms. The summed E-state index contributed by atoms with van der Waals surface area (Å²) in [4.78, 5) is 19.0. The standard InChI is InChI=1S/C24H16ClFN2O/c25-18-4-1-17-11-21-22(14-28(24(21)29)13-15-7-9-27-10-8-15)23(20(17)12-18)16-2-5-19(26)6-3-16/h1-12H,13-14H2. The first-order valence-corrected chi connectivity index (χ1v) is 9.67. The van der Waals surface area contributed by atoms with Crippen LogP contribution in [0.1, 0.15) is 21.5 Å². The van der Waals surface area contributed by atoms with Crippen LogP contribution in [-0.2, 0) is 13.1 Å². The average molecular weight is 403 g/mol. The van der Waals surface area contributed by atoms with Gasteiger partial charge >= 0.3 is 0 Å². The normalized spacial score (nSPS) is 13.2. The van der Waals surface area contributed by atoms with Gasteiger partial charge in [0.25, 0.3) is 5.91 Å². The maximum atomic E-state index is 13.5. The Bertz CT molecular complexity index is 1240. The third kappa shape index (κ3) is 3.15. The highest BCUT2D eigenvalue weighted by molar-refractivity contribution is 6.31. The van der Waals surface area contributed by atoms with Crippen LogP contribution in [0.3, 0.4) is 0 Å². The second kappa shape index (κ2) is 6.98. The monoisotopic (exact) mass is 402 g/mol. The summed E-state index contributed by atoms with van der Waals surface area (Å²) in [6.07, 6.45) is 3.45. The van der Waals surface area contributed by atoms with E-state index in [9.17, 15) is 9.18 Å². The second-order valence-corrected chi connectivity index (χ2v) is 7.60. The minimum atomic E-state index is -0.293. The molecule has 0 atom stereocenters. The van der Waals surface area contributed by atoms with Gasteiger partial charge in [-0.25, -0.2) is 4.39 Å². The average Bonchev–Trinajstić information content (AvgIpc) is 3.03. The maximum Gasteiger partial charge on any atom is 0.254 e. The first-order chi connectivity index (χ1) is 14.1. The fraction of sp³-hybridized carbons (Fsp3) is 0.0833. The summed E-state index contributed by atoms with van der Waals surface area (Å²) in [5, 5.41) is 2.52. The molecule has 1 aromatic heterocycles. The Morgan fingerprint density at radius 2 is 1.76 bits per heavy atom. The van der Waals surface area contributed by atoms with E-state index < -0.39 is 0 Å². The second-order valence-electron chi connectivity index (χ2n) is 7.17. The van der Waals surface area contributed by atoms with E-state index in [2.05, 4.69) is 4.98 Å². The number of halogens is 2. The lowest BCUT2D eigenvalue weighted by atomic mass is 9.91. The molecule has 0 radical (unpaired) electrons. The smallest absolute Gasteiger partial charge is 0.254 e. The van der Waals surface area contributed by atoms with Crippen molar-refractivity contribution in [2.45, 2.75) is 13.1 Å². The Hall–Kier alpha value is -3.24. The third-order valence-corrected chi connectivity index (χ3v) is 5.57. The molecule has 0 fully saturated rings. The van der Waals surface area contributed by atoms with Crippen molar-refractivity contribution in [2.75, 3.05) is 0 Å². The lowest BCUT2D eigenvalue weighted by Gasteiger charge is -2.16. The van der Waals surface area contributed by atoms with Gasteiger partial charge in [0.2, 0.25) is 0 Å². The molecule has 0 N–H and O–H groups in total. The van der Waals surface area contributed by atoms with Crippen molar-refractivity contribution in [2.24, 2.45) is 0 Å². The predicted molar refractivity (Wildman–Crippen MR) is 112 cm³/mol. The third-order valence-electron chi connectivity index (χ3n) is 5.33. The van der Waals surface area contributed by atoms with Crippen LogP contribution in [0.15, 0.2) is 73.1 Å². The molecule has 0 aliphatic carbocycles. The van der Waals surface area contributed by atoms with Gasteiger partial charge in [-0.2, -0.15) is 0 Å². The Morgan fingerprint density at radius 3 is 2.52 bits per heavy atom. The molecule has 0 saturated heterocycles. The van der Waals surface area contributed by atoms with E-state index in [1.54, 1.807) is 24.5 Å². The van der Waals surface area contributed by atoms with Crippen molar-refractivity contribution >= 4 is 28.3 Å². The number of carbonyl (C=O) groups excluding carboxylic acids is 1. The zero-order chi connectivity index (χ0) is 20.0. The molecule has 0 saturated carbocycles. The highest BCUT2D eigenvalue weighted by Gasteiger charge is 2.31. The van der Waals surface area contributed by atoms with Gasteiger partial charge in [0.1, 0.15) is 5.82 Å². The summed E-state index contributed by atoms with van der Waals surface area (Å²) >= 11 is 6.28. The summed E-state index contributed by atoms with van der Waals surface area (Å²) in [5.41, 5.74) is 4.47. The number of rotatable bonds is 3. The first-order valence-electron chi connectivity index (χ1n) is 9.29. The van der Waals surface area contributed by atoms with E-state index in [0.29, 0.717) is 23.7 Å². The van der Waals surface area contributed by atoms with Gasteiger partial charge in [-0.1, -0.05) is 29.8 Å². The van der Waals surface area contributed by atoms with E-state index in [0.717, 1.165) is 33.0 Å². The van der Waals surface area contributed by atoms with Crippen molar-refractivity contribution in [3.05, 3.63) is 101 Å². The first kappa shape index (κ1) is 17.8. The number of hydrogen-bond donors (Lipinski definition) is 0. The van der Waals surface area contributed by atoms with Crippen molar-refractivity contribution in [3.8, 4) is 11.1 Å². The molecule has 2 heterocycles. The fourth-order valence-electron chi connectivity index (χ4n) is 3.98. The number of carbonyl (C=O) groups is 1. The molecule has 1 aliphatic rings. The predicted octanol–water partition coefficient (Wildman–Crippen LogP) is 5.85. The minimum absolute atomic E-state index is 0.00276. The fourth-order valence-corrected chi connectivity index (χ4v) is 4.15. The van der Waals surface area contributed by atoms with Crippen LogP contribution in [0, 0.1) is 5.82 Å². The molecule has 29 heavy (non-hydrogen) atoms. The number of aromatic nitrogens is 1. The van der Waals surface area contributed by atoms with Crippen molar-refractivity contribution in [3.63, 3.8) is 0 Å². The lowest BCUT2D eigenvalue weighted by Crippen LogP contribution is -2.23. The largest absolute Gasteiger partial charge is 0.330 e. The Morgan fingerprint density at radius 1 is 1.00 bits per heavy atom. The van der Waals surface area contributed by atoms with Crippen LogP contribution in [0.4, 0.5) is 4.39 Å². The molecule has 142 valence electrons. The quantitative estimate of drug-likeness (QED) is 0.430. The number of fused-ring (bicyclic) bond motifs is 2. The van der Waals surface area contributed by atoms with Gasteiger partial charge in [-0.3, -0.25) is 9.78 Å². The van der Waals surface area contributed by atoms with Crippen molar-refractivity contribution in [1.29, 1.82) is 0 Å². The summed E-state index contributed by atoms with van der Waals surface area (Å²) in [6.45, 7) is 1.00. The molecule has 3 nitrogen and oxygen atoms in total. The number of benzene rings is 3. The van der Waals surface area contributed by atoms with Gasteiger partial charge in [-0.15, -0.1) is 0 Å². The van der Waals surface area contributed by atoms with E-state index in [1.165, 1.54) is 12.1 Å². The van der Waals surface area contributed by atoms with Gasteiger partial charge in [0, 0.05) is 36.1 Å². The summed E-state index contributed by atoms with van der Waals surface area (Å²) in [6, 6.07) is 17.8. The number of amides is 1. The number of hydrogen-bond acceptors (Lipinski definition) is 2. The Labute approximate surface area is 172 Å². The van der Waals surface area contributed by atoms with Gasteiger partial charge < -0.3 is 4.90 Å². The Balaban J connectivity index is 1.68. The summed E-state index contributed by atoms with van der Waals surface area (Å²) in [7, 11) is 0. The molecule has 1 aliphatic heterocycles. The molecule has 5 rings (SSSR count). The van der Waals surface area contributed by atoms with Crippen LogP contribution >= 0.6 is 11.6 Å². The minimum Gasteiger partial charge on any atom is -0.330 e. The van der Waals surface area contributed by atoms with Gasteiger partial charge in [-0.05, 0) is 75.5 Å². The van der Waals surface area contributed by atoms with Gasteiger partial charge in [0.15, 0.2) is 0 Å². The van der Waals surface area contributed by atoms with Crippen LogP contribution in [-0.4, -0.2) is 15.8 Å². The van der Waals surface area contributed by atoms with E-state index in [4.69, 9.17) is 11.6 Å². The summed E-state index contributed by atoms with van der Waals surface area (Å²) in [5.74, 6) is -0.295. The zero-order valence-corrected chi connectivity index (χ0v) is 16.2. The number of nitrogens with zero attached hydrogens (tertiary/aromatic N) is 2. The molecule has 5 heteroatoms. The number of pyridine rings is 1. The molecule has 0 spiro atoms. The highest BCUT2D eigenvalue weighted by Crippen LogP contribution is 2.40. The van der Waals surface area contributed by atoms with Crippen LogP contribution < -0.4 is 0 Å². The van der Waals surface area contributed by atoms with E-state index in [1.807, 2.05) is 41.3 Å². The van der Waals surface area contributed by atoms with Crippen LogP contribution in [0.25, 0.3) is 21.9 Å². The highest BCUT2D eigenvalue weighted by atomic mass is 35.5. The van der Waals surface area contributed by atoms with Crippen LogP contribution in [0.5, 0.6) is 0 Å². The van der Waals surface area contributed by atoms with E-state index >= 15 is 0 Å². The molecule has 4 aromatic rings. The van der Waals surface area contributed by atoms with Crippen molar-refractivity contribution < 1.29 is 9.18 Å². The summed E-state index contributed by atoms with van der Waals surface area (Å²) < 4.78 is 13.5. The molecular formula is C24H16ClFN2O. The SMILES string of the molecule is O=C1c2cc3ccc(Cl)cc3c(-c3ccc(F)cc3)c2CN1Cc1ccncc1. The lowest BCUT2D eigenvalue weighted by molar-refractivity contribution is 0.0767. The van der Waals surface area contributed by atoms with Gasteiger partial charge in [0.05, 0.1) is 0 Å². The molecular weight excluding hydrogens is 387 g/mol. The van der Waals surface area contributed by atoms with Crippen molar-refractivity contribution in [1.82, 2.24) is 9.88 Å². The molecule has 3 aromatic carbocycles. The maximum absolute atomic E-state index is 13.5.